The van der Waals surface area contributed by atoms with Crippen molar-refractivity contribution in [3.63, 3.8) is 0 Å². The molecule has 0 fully saturated rings. The zero-order chi connectivity index (χ0) is 14.4. The zero-order valence-corrected chi connectivity index (χ0v) is 14.6. The van der Waals surface area contributed by atoms with Crippen molar-refractivity contribution in [2.45, 2.75) is 44.9 Å². The Morgan fingerprint density at radius 1 is 1.05 bits per heavy atom. The van der Waals surface area contributed by atoms with Gasteiger partial charge in [-0.3, -0.25) is 0 Å². The Morgan fingerprint density at radius 3 is 2.30 bits per heavy atom. The fourth-order valence-corrected chi connectivity index (χ4v) is 10.4. The molecule has 106 valence electrons. The summed E-state index contributed by atoms with van der Waals surface area (Å²) < 4.78 is 2.25. The van der Waals surface area contributed by atoms with Gasteiger partial charge in [0.15, 0.2) is 0 Å². The van der Waals surface area contributed by atoms with E-state index in [1.807, 2.05) is 0 Å². The second-order valence-corrected chi connectivity index (χ2v) is 11.8. The zero-order valence-electron chi connectivity index (χ0n) is 13.0. The van der Waals surface area contributed by atoms with E-state index in [1.54, 1.807) is 0 Å². The molecule has 1 nitrogen and oxygen atoms in total. The van der Waals surface area contributed by atoms with Crippen molar-refractivity contribution in [1.29, 1.82) is 0 Å². The molecule has 0 aliphatic rings. The molecule has 0 saturated heterocycles. The first-order valence-corrected chi connectivity index (χ1v) is 11.2. The molecule has 20 heavy (non-hydrogen) atoms. The van der Waals surface area contributed by atoms with Crippen LogP contribution in [0.3, 0.4) is 0 Å². The molecule has 0 aliphatic heterocycles. The van der Waals surface area contributed by atoms with Crippen LogP contribution >= 0.6 is 19.9 Å². The van der Waals surface area contributed by atoms with Crippen molar-refractivity contribution in [1.82, 2.24) is 4.31 Å². The van der Waals surface area contributed by atoms with Gasteiger partial charge in [-0.25, -0.2) is 0 Å². The van der Waals surface area contributed by atoms with Crippen LogP contribution in [0.5, 0.6) is 0 Å². The molecule has 0 N–H and O–H groups in total. The monoisotopic (exact) mass is 303 g/mol. The van der Waals surface area contributed by atoms with Crippen LogP contribution in [-0.2, 0) is 0 Å². The van der Waals surface area contributed by atoms with Gasteiger partial charge in [-0.05, 0) is 0 Å². The Balaban J connectivity index is 2.24. The summed E-state index contributed by atoms with van der Waals surface area (Å²) in [6, 6.07) is 4.55. The molecule has 2 aromatic heterocycles. The van der Waals surface area contributed by atoms with Gasteiger partial charge in [0, 0.05) is 0 Å². The molecular formula is C14H24B3NS2. The van der Waals surface area contributed by atoms with Crippen molar-refractivity contribution in [2.75, 3.05) is 17.3 Å². The van der Waals surface area contributed by atoms with Crippen LogP contribution in [0.1, 0.15) is 40.0 Å². The molecular weight excluding hydrogens is 279 g/mol. The average Bonchev–Trinajstić information content (AvgIpc) is 2.87. The molecule has 0 atom stereocenters. The topological polar surface area (TPSA) is 4.41 Å². The van der Waals surface area contributed by atoms with Gasteiger partial charge in [-0.15, -0.1) is 0 Å². The van der Waals surface area contributed by atoms with Crippen molar-refractivity contribution in [3.8, 4) is 0 Å². The van der Waals surface area contributed by atoms with Gasteiger partial charge >= 0.3 is 131 Å². The number of rotatable bonds is 8. The molecule has 0 amide bonds. The van der Waals surface area contributed by atoms with Crippen LogP contribution in [0, 0.1) is 0 Å². The Hall–Kier alpha value is 0.0448. The first-order chi connectivity index (χ1) is 9.73. The van der Waals surface area contributed by atoms with Crippen LogP contribution in [-0.4, -0.2) is 42.0 Å². The first-order valence-electron chi connectivity index (χ1n) is 7.75. The summed E-state index contributed by atoms with van der Waals surface area (Å²) in [6.07, 6.45) is 6.25. The minimum absolute atomic E-state index is 0.548. The number of aromatic nitrogens is 1. The number of hydrogen-bond acceptors (Lipinski definition) is 1. The van der Waals surface area contributed by atoms with E-state index in [2.05, 4.69) is 74.6 Å². The van der Waals surface area contributed by atoms with E-state index in [0.29, 0.717) is 0 Å². The Labute approximate surface area is 130 Å². The minimum atomic E-state index is -0.548. The fraction of sp³-hybridized carbons (Fsp3) is 0.643. The molecule has 0 saturated carbocycles. The fourth-order valence-electron chi connectivity index (χ4n) is 2.81. The summed E-state index contributed by atoms with van der Waals surface area (Å²) in [5.74, 6) is 4.22. The molecule has 0 aromatic carbocycles. The summed E-state index contributed by atoms with van der Waals surface area (Å²) in [7, 11) is 1.64. The van der Waals surface area contributed by atoms with Crippen LogP contribution < -0.4 is 0 Å². The summed E-state index contributed by atoms with van der Waals surface area (Å²) in [6.45, 7) is 13.4. The van der Waals surface area contributed by atoms with Gasteiger partial charge in [0.05, 0.1) is 0 Å². The molecule has 2 rings (SSSR count). The Bertz CT molecular complexity index is 527. The van der Waals surface area contributed by atoms with Gasteiger partial charge in [-0.1, -0.05) is 0 Å². The quantitative estimate of drug-likeness (QED) is 0.667. The third kappa shape index (κ3) is 4.04. The van der Waals surface area contributed by atoms with Crippen molar-refractivity contribution in [3.05, 3.63) is 18.3 Å². The van der Waals surface area contributed by atoms with E-state index in [-0.39, 0.29) is 0 Å². The van der Waals surface area contributed by atoms with Crippen LogP contribution in [0.4, 0.5) is 0 Å². The molecule has 2 aromatic rings. The normalized spacial score (nSPS) is 12.3. The molecule has 0 bridgehead atoms. The van der Waals surface area contributed by atoms with Crippen LogP contribution in [0.15, 0.2) is 23.2 Å². The molecule has 6 heteroatoms. The van der Waals surface area contributed by atoms with E-state index >= 15 is 0 Å². The van der Waals surface area contributed by atoms with E-state index < -0.39 is 9.06 Å². The average molecular weight is 303 g/mol. The molecule has 2 heterocycles. The van der Waals surface area contributed by atoms with Gasteiger partial charge in [0.1, 0.15) is 0 Å². The third-order valence-corrected chi connectivity index (χ3v) is 10.9. The van der Waals surface area contributed by atoms with Gasteiger partial charge in [-0.2, -0.15) is 0 Å². The van der Waals surface area contributed by atoms with E-state index in [4.69, 9.17) is 0 Å². The van der Waals surface area contributed by atoms with Crippen molar-refractivity contribution in [2.24, 2.45) is 0 Å². The van der Waals surface area contributed by atoms with Gasteiger partial charge < -0.3 is 0 Å². The van der Waals surface area contributed by atoms with Crippen LogP contribution in [0.25, 0.3) is 5.41 Å². The number of hydrogen-bond donors (Lipinski definition) is 0. The summed E-state index contributed by atoms with van der Waals surface area (Å²) in [5, 5.41) is 0. The Morgan fingerprint density at radius 2 is 1.70 bits per heavy atom. The second-order valence-electron chi connectivity index (χ2n) is 5.37. The van der Waals surface area contributed by atoms with Gasteiger partial charge in [0.25, 0.3) is 0 Å². The Kier molecular flexibility index (Phi) is 6.47. The van der Waals surface area contributed by atoms with E-state index in [1.165, 1.54) is 46.8 Å². The van der Waals surface area contributed by atoms with Crippen molar-refractivity contribution >= 4 is 45.7 Å². The number of fused-ring (bicyclic) bond motifs is 1. The first kappa shape index (κ1) is 16.4. The molecule has 0 spiro atoms. The summed E-state index contributed by atoms with van der Waals surface area (Å²) >= 11 is 0. The van der Waals surface area contributed by atoms with Crippen molar-refractivity contribution < 1.29 is 0 Å². The number of pyridine rings is 1. The summed E-state index contributed by atoms with van der Waals surface area (Å²) in [5.41, 5.74) is 1.29. The second kappa shape index (κ2) is 7.88. The maximum atomic E-state index is 2.34. The molecule has 0 aliphatic carbocycles. The third-order valence-electron chi connectivity index (χ3n) is 3.50. The molecule has 0 unspecified atom stereocenters. The maximum absolute atomic E-state index is 2.34. The predicted molar refractivity (Wildman–Crippen MR) is 100 cm³/mol. The SMILES string of the molecule is CCCS(CCC)(CCC)Sc1ccc2bbbn2c1. The molecule has 0 radical (unpaired) electrons. The standard InChI is InChI=1S/C14H24B3NS2/c1-4-9-20(10-5-2,11-6-3)19-13-7-8-14-15-16-17-18(14)12-13/h7-8,12H,4-6,9-11H2,1-3H3. The van der Waals surface area contributed by atoms with E-state index in [0.717, 1.165) is 0 Å². The van der Waals surface area contributed by atoms with Crippen LogP contribution in [0.2, 0.25) is 0 Å². The number of nitrogens with zero attached hydrogens (tertiary/aromatic N) is 1. The predicted octanol–water partition coefficient (Wildman–Crippen LogP) is 4.00. The van der Waals surface area contributed by atoms with Gasteiger partial charge in [0.2, 0.25) is 0 Å². The van der Waals surface area contributed by atoms with E-state index in [9.17, 15) is 0 Å². The summed E-state index contributed by atoms with van der Waals surface area (Å²) in [4.78, 5) is 1.44.